The number of carbonyl (C=O) groups is 1. The SMILES string of the molecule is Cc1c(Br)cccc1C(=O)NC#N. The highest BCUT2D eigenvalue weighted by Gasteiger charge is 2.09. The maximum Gasteiger partial charge on any atom is 0.264 e. The summed E-state index contributed by atoms with van der Waals surface area (Å²) in [7, 11) is 0. The van der Waals surface area contributed by atoms with Gasteiger partial charge in [-0.2, -0.15) is 5.26 Å². The third-order valence-electron chi connectivity index (χ3n) is 1.68. The Balaban J connectivity index is 3.09. The Bertz CT molecular complexity index is 382. The van der Waals surface area contributed by atoms with Crippen LogP contribution < -0.4 is 5.32 Å². The van der Waals surface area contributed by atoms with Gasteiger partial charge in [0.2, 0.25) is 0 Å². The maximum absolute atomic E-state index is 11.3. The van der Waals surface area contributed by atoms with Gasteiger partial charge in [0.25, 0.3) is 5.91 Å². The third-order valence-corrected chi connectivity index (χ3v) is 2.54. The number of nitrogens with zero attached hydrogens (tertiary/aromatic N) is 1. The monoisotopic (exact) mass is 238 g/mol. The average Bonchev–Trinajstić information content (AvgIpc) is 2.10. The topological polar surface area (TPSA) is 52.9 Å². The van der Waals surface area contributed by atoms with Crippen LogP contribution in [-0.2, 0) is 0 Å². The van der Waals surface area contributed by atoms with Gasteiger partial charge >= 0.3 is 0 Å². The number of nitriles is 1. The lowest BCUT2D eigenvalue weighted by Crippen LogP contribution is -2.18. The number of amides is 1. The zero-order valence-corrected chi connectivity index (χ0v) is 8.55. The minimum Gasteiger partial charge on any atom is -0.268 e. The van der Waals surface area contributed by atoms with Crippen molar-refractivity contribution < 1.29 is 4.79 Å². The lowest BCUT2D eigenvalue weighted by Gasteiger charge is -2.03. The van der Waals surface area contributed by atoms with E-state index in [0.29, 0.717) is 5.56 Å². The molecule has 0 radical (unpaired) electrons. The largest absolute Gasteiger partial charge is 0.268 e. The number of hydrogen-bond donors (Lipinski definition) is 1. The van der Waals surface area contributed by atoms with E-state index in [2.05, 4.69) is 21.2 Å². The van der Waals surface area contributed by atoms with E-state index in [9.17, 15) is 4.79 Å². The Kier molecular flexibility index (Phi) is 3.04. The van der Waals surface area contributed by atoms with Crippen molar-refractivity contribution in [3.8, 4) is 6.19 Å². The Labute approximate surface area is 84.5 Å². The molecule has 0 atom stereocenters. The molecular formula is C9H7BrN2O. The van der Waals surface area contributed by atoms with Crippen molar-refractivity contribution in [3.05, 3.63) is 33.8 Å². The summed E-state index contributed by atoms with van der Waals surface area (Å²) in [5.74, 6) is -0.374. The van der Waals surface area contributed by atoms with Gasteiger partial charge in [-0.25, -0.2) is 0 Å². The highest BCUT2D eigenvalue weighted by Crippen LogP contribution is 2.18. The predicted octanol–water partition coefficient (Wildman–Crippen LogP) is 1.97. The van der Waals surface area contributed by atoms with Crippen molar-refractivity contribution in [2.24, 2.45) is 0 Å². The molecule has 0 fully saturated rings. The van der Waals surface area contributed by atoms with Crippen molar-refractivity contribution in [1.82, 2.24) is 5.32 Å². The fraction of sp³-hybridized carbons (Fsp3) is 0.111. The quantitative estimate of drug-likeness (QED) is 0.601. The first-order valence-corrected chi connectivity index (χ1v) is 4.40. The van der Waals surface area contributed by atoms with E-state index in [1.807, 2.05) is 13.0 Å². The van der Waals surface area contributed by atoms with E-state index in [1.54, 1.807) is 18.3 Å². The summed E-state index contributed by atoms with van der Waals surface area (Å²) in [6.45, 7) is 1.82. The molecule has 1 aromatic rings. The molecular weight excluding hydrogens is 232 g/mol. The van der Waals surface area contributed by atoms with E-state index < -0.39 is 0 Å². The van der Waals surface area contributed by atoms with Crippen LogP contribution in [-0.4, -0.2) is 5.91 Å². The zero-order valence-electron chi connectivity index (χ0n) is 6.97. The summed E-state index contributed by atoms with van der Waals surface area (Å²) in [5, 5.41) is 10.3. The average molecular weight is 239 g/mol. The molecule has 0 aliphatic heterocycles. The fourth-order valence-electron chi connectivity index (χ4n) is 0.972. The molecule has 0 aliphatic carbocycles. The van der Waals surface area contributed by atoms with Crippen LogP contribution in [0.15, 0.2) is 22.7 Å². The van der Waals surface area contributed by atoms with E-state index in [4.69, 9.17) is 5.26 Å². The summed E-state index contributed by atoms with van der Waals surface area (Å²) in [6.07, 6.45) is 1.60. The first kappa shape index (κ1) is 9.75. The van der Waals surface area contributed by atoms with Gasteiger partial charge in [0.05, 0.1) is 0 Å². The van der Waals surface area contributed by atoms with Crippen molar-refractivity contribution in [2.75, 3.05) is 0 Å². The number of carbonyl (C=O) groups excluding carboxylic acids is 1. The molecule has 3 nitrogen and oxygen atoms in total. The van der Waals surface area contributed by atoms with E-state index in [1.165, 1.54) is 0 Å². The van der Waals surface area contributed by atoms with E-state index >= 15 is 0 Å². The number of hydrogen-bond acceptors (Lipinski definition) is 2. The Morgan fingerprint density at radius 1 is 1.62 bits per heavy atom. The van der Waals surface area contributed by atoms with Gasteiger partial charge in [-0.15, -0.1) is 0 Å². The first-order valence-electron chi connectivity index (χ1n) is 3.61. The molecule has 0 aromatic heterocycles. The van der Waals surface area contributed by atoms with Crippen molar-refractivity contribution >= 4 is 21.8 Å². The van der Waals surface area contributed by atoms with Crippen molar-refractivity contribution in [1.29, 1.82) is 5.26 Å². The highest BCUT2D eigenvalue weighted by molar-refractivity contribution is 9.10. The molecule has 0 spiro atoms. The van der Waals surface area contributed by atoms with E-state index in [0.717, 1.165) is 10.0 Å². The van der Waals surface area contributed by atoms with Crippen molar-refractivity contribution in [2.45, 2.75) is 6.92 Å². The zero-order chi connectivity index (χ0) is 9.84. The van der Waals surface area contributed by atoms with Gasteiger partial charge in [-0.1, -0.05) is 22.0 Å². The van der Waals surface area contributed by atoms with Gasteiger partial charge in [-0.3, -0.25) is 10.1 Å². The summed E-state index contributed by atoms with van der Waals surface area (Å²) >= 11 is 3.30. The van der Waals surface area contributed by atoms with Gasteiger partial charge in [0, 0.05) is 10.0 Å². The number of nitrogens with one attached hydrogen (secondary N) is 1. The van der Waals surface area contributed by atoms with Gasteiger partial charge in [0.1, 0.15) is 0 Å². The smallest absolute Gasteiger partial charge is 0.264 e. The molecule has 0 aliphatic rings. The third kappa shape index (κ3) is 2.07. The molecule has 1 N–H and O–H groups in total. The standard InChI is InChI=1S/C9H7BrN2O/c1-6-7(9(13)12-5-11)3-2-4-8(6)10/h2-4H,1H3,(H,12,13). The second-order valence-electron chi connectivity index (χ2n) is 2.48. The van der Waals surface area contributed by atoms with Crippen LogP contribution in [0.4, 0.5) is 0 Å². The molecule has 0 bridgehead atoms. The normalized spacial score (nSPS) is 9.00. The Hall–Kier alpha value is -1.34. The molecule has 13 heavy (non-hydrogen) atoms. The summed E-state index contributed by atoms with van der Waals surface area (Å²) in [4.78, 5) is 11.3. The molecule has 1 rings (SSSR count). The van der Waals surface area contributed by atoms with Crippen LogP contribution in [0.25, 0.3) is 0 Å². The second-order valence-corrected chi connectivity index (χ2v) is 3.33. The first-order chi connectivity index (χ1) is 6.16. The lowest BCUT2D eigenvalue weighted by atomic mass is 10.1. The van der Waals surface area contributed by atoms with Crippen LogP contribution in [0, 0.1) is 18.4 Å². The molecule has 1 amide bonds. The lowest BCUT2D eigenvalue weighted by molar-refractivity contribution is 0.0972. The fourth-order valence-corrected chi connectivity index (χ4v) is 1.34. The Morgan fingerprint density at radius 3 is 2.92 bits per heavy atom. The minimum atomic E-state index is -0.374. The number of benzene rings is 1. The van der Waals surface area contributed by atoms with Crippen LogP contribution in [0.1, 0.15) is 15.9 Å². The summed E-state index contributed by atoms with van der Waals surface area (Å²) in [5.41, 5.74) is 1.34. The molecule has 1 aromatic carbocycles. The number of halogens is 1. The predicted molar refractivity (Wildman–Crippen MR) is 52.0 cm³/mol. The molecule has 0 unspecified atom stereocenters. The highest BCUT2D eigenvalue weighted by atomic mass is 79.9. The Morgan fingerprint density at radius 2 is 2.31 bits per heavy atom. The van der Waals surface area contributed by atoms with Gasteiger partial charge in [0.15, 0.2) is 6.19 Å². The molecule has 66 valence electrons. The van der Waals surface area contributed by atoms with Crippen LogP contribution >= 0.6 is 15.9 Å². The van der Waals surface area contributed by atoms with Crippen LogP contribution in [0.2, 0.25) is 0 Å². The minimum absolute atomic E-state index is 0.374. The van der Waals surface area contributed by atoms with Crippen LogP contribution in [0.5, 0.6) is 0 Å². The second kappa shape index (κ2) is 4.06. The summed E-state index contributed by atoms with van der Waals surface area (Å²) < 4.78 is 0.859. The molecule has 0 heterocycles. The maximum atomic E-state index is 11.3. The van der Waals surface area contributed by atoms with Crippen LogP contribution in [0.3, 0.4) is 0 Å². The van der Waals surface area contributed by atoms with Gasteiger partial charge in [-0.05, 0) is 24.6 Å². The summed E-state index contributed by atoms with van der Waals surface area (Å²) in [6, 6.07) is 5.27. The molecule has 4 heteroatoms. The van der Waals surface area contributed by atoms with Crippen molar-refractivity contribution in [3.63, 3.8) is 0 Å². The van der Waals surface area contributed by atoms with E-state index in [-0.39, 0.29) is 5.91 Å². The molecule has 0 saturated carbocycles. The van der Waals surface area contributed by atoms with Gasteiger partial charge < -0.3 is 0 Å². The molecule has 0 saturated heterocycles. The number of rotatable bonds is 1.